The van der Waals surface area contributed by atoms with E-state index < -0.39 is 10.0 Å². The van der Waals surface area contributed by atoms with Gasteiger partial charge in [0.15, 0.2) is 0 Å². The van der Waals surface area contributed by atoms with Crippen molar-refractivity contribution in [2.45, 2.75) is 60.7 Å². The smallest absolute Gasteiger partial charge is 0.251 e. The van der Waals surface area contributed by atoms with Crippen LogP contribution in [-0.2, 0) is 10.0 Å². The minimum atomic E-state index is -3.41. The third kappa shape index (κ3) is 3.52. The number of nitrogens with one attached hydrogen (secondary N) is 2. The Balaban J connectivity index is 1.71. The summed E-state index contributed by atoms with van der Waals surface area (Å²) in [5, 5.41) is 5.45. The lowest BCUT2D eigenvalue weighted by atomic mass is 9.75. The summed E-state index contributed by atoms with van der Waals surface area (Å²) in [6.45, 7) is 0.902. The Morgan fingerprint density at radius 1 is 1.33 bits per heavy atom. The third-order valence-corrected chi connectivity index (χ3v) is 8.78. The predicted octanol–water partition coefficient (Wildman–Crippen LogP) is 3.24. The largest absolute Gasteiger partial charge is 0.311 e. The van der Waals surface area contributed by atoms with Gasteiger partial charge >= 0.3 is 0 Å². The highest BCUT2D eigenvalue weighted by atomic mass is 79.9. The van der Waals surface area contributed by atoms with Gasteiger partial charge in [0.25, 0.3) is 10.0 Å². The molecule has 0 amide bonds. The lowest BCUT2D eigenvalue weighted by Gasteiger charge is -2.44. The van der Waals surface area contributed by atoms with Crippen LogP contribution < -0.4 is 10.0 Å². The van der Waals surface area contributed by atoms with Gasteiger partial charge in [0.1, 0.15) is 4.21 Å². The fraction of sp³-hybridized carbons (Fsp3) is 0.714. The van der Waals surface area contributed by atoms with Gasteiger partial charge in [0.2, 0.25) is 0 Å². The Morgan fingerprint density at radius 3 is 2.76 bits per heavy atom. The molecule has 2 heterocycles. The van der Waals surface area contributed by atoms with Crippen LogP contribution in [0.25, 0.3) is 0 Å². The molecule has 2 N–H and O–H groups in total. The van der Waals surface area contributed by atoms with Crippen molar-refractivity contribution in [1.82, 2.24) is 10.0 Å². The van der Waals surface area contributed by atoms with Crippen LogP contribution >= 0.6 is 27.3 Å². The molecule has 1 aliphatic heterocycles. The molecular weight excluding hydrogens is 372 g/mol. The molecule has 1 saturated carbocycles. The number of thiophene rings is 1. The molecule has 2 fully saturated rings. The van der Waals surface area contributed by atoms with Gasteiger partial charge < -0.3 is 5.32 Å². The molecule has 21 heavy (non-hydrogen) atoms. The highest BCUT2D eigenvalue weighted by molar-refractivity contribution is 9.10. The molecule has 1 spiro atoms. The first kappa shape index (κ1) is 15.9. The zero-order valence-corrected chi connectivity index (χ0v) is 15.1. The van der Waals surface area contributed by atoms with E-state index in [2.05, 4.69) is 26.0 Å². The van der Waals surface area contributed by atoms with Crippen molar-refractivity contribution < 1.29 is 8.42 Å². The maximum atomic E-state index is 12.5. The molecule has 0 aromatic carbocycles. The first-order chi connectivity index (χ1) is 10.0. The Hall–Kier alpha value is 0.0500. The van der Waals surface area contributed by atoms with Crippen LogP contribution in [0.5, 0.6) is 0 Å². The van der Waals surface area contributed by atoms with Crippen LogP contribution in [0.4, 0.5) is 0 Å². The molecule has 118 valence electrons. The zero-order valence-electron chi connectivity index (χ0n) is 11.9. The van der Waals surface area contributed by atoms with Crippen molar-refractivity contribution >= 4 is 37.3 Å². The fourth-order valence-corrected chi connectivity index (χ4v) is 7.24. The highest BCUT2D eigenvalue weighted by Crippen LogP contribution is 2.35. The van der Waals surface area contributed by atoms with Crippen molar-refractivity contribution in [3.8, 4) is 0 Å². The van der Waals surface area contributed by atoms with Crippen molar-refractivity contribution in [2.75, 3.05) is 6.54 Å². The molecule has 7 heteroatoms. The van der Waals surface area contributed by atoms with E-state index in [-0.39, 0.29) is 11.6 Å². The van der Waals surface area contributed by atoms with Crippen molar-refractivity contribution in [2.24, 2.45) is 0 Å². The van der Waals surface area contributed by atoms with Gasteiger partial charge in [-0.05, 0) is 59.6 Å². The molecule has 1 aromatic heterocycles. The molecule has 1 aromatic rings. The van der Waals surface area contributed by atoms with Crippen LogP contribution in [-0.4, -0.2) is 26.5 Å². The van der Waals surface area contributed by atoms with E-state index in [4.69, 9.17) is 0 Å². The van der Waals surface area contributed by atoms with E-state index in [1.165, 1.54) is 43.4 Å². The Kier molecular flexibility index (Phi) is 4.76. The maximum absolute atomic E-state index is 12.5. The SMILES string of the molecule is O=S(=O)(NC1CCNC2(CCCCC2)C1)c1sccc1Br. The third-order valence-electron chi connectivity index (χ3n) is 4.59. The van der Waals surface area contributed by atoms with Gasteiger partial charge in [-0.2, -0.15) is 0 Å². The molecule has 1 saturated heterocycles. The number of sulfonamides is 1. The molecule has 1 aliphatic carbocycles. The van der Waals surface area contributed by atoms with Crippen LogP contribution in [0.15, 0.2) is 20.1 Å². The molecule has 1 unspecified atom stereocenters. The summed E-state index contributed by atoms with van der Waals surface area (Å²) in [4.78, 5) is 0. The summed E-state index contributed by atoms with van der Waals surface area (Å²) in [7, 11) is -3.41. The second kappa shape index (κ2) is 6.28. The van der Waals surface area contributed by atoms with Gasteiger partial charge in [-0.15, -0.1) is 11.3 Å². The molecule has 0 radical (unpaired) electrons. The van der Waals surface area contributed by atoms with Crippen molar-refractivity contribution in [1.29, 1.82) is 0 Å². The monoisotopic (exact) mass is 392 g/mol. The van der Waals surface area contributed by atoms with Gasteiger partial charge in [0.05, 0.1) is 0 Å². The van der Waals surface area contributed by atoms with E-state index in [0.29, 0.717) is 8.68 Å². The quantitative estimate of drug-likeness (QED) is 0.829. The maximum Gasteiger partial charge on any atom is 0.251 e. The first-order valence-corrected chi connectivity index (χ1v) is 10.7. The van der Waals surface area contributed by atoms with Gasteiger partial charge in [0, 0.05) is 16.1 Å². The number of piperidine rings is 1. The number of rotatable bonds is 3. The molecule has 2 aliphatic rings. The van der Waals surface area contributed by atoms with Crippen LogP contribution in [0.2, 0.25) is 0 Å². The topological polar surface area (TPSA) is 58.2 Å². The zero-order chi connectivity index (χ0) is 14.9. The van der Waals surface area contributed by atoms with E-state index in [1.807, 2.05) is 0 Å². The predicted molar refractivity (Wildman–Crippen MR) is 89.2 cm³/mol. The van der Waals surface area contributed by atoms with E-state index in [1.54, 1.807) is 11.4 Å². The van der Waals surface area contributed by atoms with Gasteiger partial charge in [-0.3, -0.25) is 0 Å². The normalized spacial score (nSPS) is 26.0. The Morgan fingerprint density at radius 2 is 2.10 bits per heavy atom. The van der Waals surface area contributed by atoms with E-state index in [9.17, 15) is 8.42 Å². The summed E-state index contributed by atoms with van der Waals surface area (Å²) >= 11 is 4.58. The number of halogens is 1. The summed E-state index contributed by atoms with van der Waals surface area (Å²) in [6, 6.07) is 1.83. The summed E-state index contributed by atoms with van der Waals surface area (Å²) in [5.41, 5.74) is 0.163. The second-order valence-corrected chi connectivity index (χ2v) is 9.81. The minimum Gasteiger partial charge on any atom is -0.311 e. The molecule has 4 nitrogen and oxygen atoms in total. The second-order valence-electron chi connectivity index (χ2n) is 6.13. The fourth-order valence-electron chi connectivity index (χ4n) is 3.61. The van der Waals surface area contributed by atoms with Crippen LogP contribution in [0.3, 0.4) is 0 Å². The summed E-state index contributed by atoms with van der Waals surface area (Å²) in [6.07, 6.45) is 7.94. The molecular formula is C14H21BrN2O2S2. The van der Waals surface area contributed by atoms with E-state index >= 15 is 0 Å². The molecule has 1 atom stereocenters. The Labute approximate surface area is 138 Å². The Bertz CT molecular complexity index is 588. The summed E-state index contributed by atoms with van der Waals surface area (Å²) < 4.78 is 29.0. The van der Waals surface area contributed by atoms with Gasteiger partial charge in [-0.25, -0.2) is 13.1 Å². The lowest BCUT2D eigenvalue weighted by molar-refractivity contribution is 0.165. The van der Waals surface area contributed by atoms with Crippen LogP contribution in [0, 0.1) is 0 Å². The van der Waals surface area contributed by atoms with Crippen LogP contribution in [0.1, 0.15) is 44.9 Å². The number of hydrogen-bond acceptors (Lipinski definition) is 4. The molecule has 3 rings (SSSR count). The number of hydrogen-bond donors (Lipinski definition) is 2. The molecule has 0 bridgehead atoms. The first-order valence-electron chi connectivity index (χ1n) is 7.51. The van der Waals surface area contributed by atoms with Gasteiger partial charge in [-0.1, -0.05) is 19.3 Å². The standard InChI is InChI=1S/C14H21BrN2O2S2/c15-12-5-9-20-13(12)21(18,19)17-11-4-8-16-14(10-11)6-2-1-3-7-14/h5,9,11,16-17H,1-4,6-8,10H2. The average molecular weight is 393 g/mol. The lowest BCUT2D eigenvalue weighted by Crippen LogP contribution is -2.57. The van der Waals surface area contributed by atoms with Crippen molar-refractivity contribution in [3.05, 3.63) is 15.9 Å². The highest BCUT2D eigenvalue weighted by Gasteiger charge is 2.38. The summed E-state index contributed by atoms with van der Waals surface area (Å²) in [5.74, 6) is 0. The van der Waals surface area contributed by atoms with Crippen molar-refractivity contribution in [3.63, 3.8) is 0 Å². The van der Waals surface area contributed by atoms with E-state index in [0.717, 1.165) is 19.4 Å². The minimum absolute atomic E-state index is 0.0448. The average Bonchev–Trinajstić information content (AvgIpc) is 2.86.